The summed E-state index contributed by atoms with van der Waals surface area (Å²) < 4.78 is 4.98. The van der Waals surface area contributed by atoms with E-state index in [-0.39, 0.29) is 19.1 Å². The second kappa shape index (κ2) is 4.79. The molecule has 1 aliphatic rings. The van der Waals surface area contributed by atoms with Crippen LogP contribution in [0.2, 0.25) is 0 Å². The number of hydrogen-bond acceptors (Lipinski definition) is 3. The van der Waals surface area contributed by atoms with E-state index < -0.39 is 5.41 Å². The van der Waals surface area contributed by atoms with Gasteiger partial charge in [-0.05, 0) is 17.5 Å². The molecule has 0 atom stereocenters. The molecule has 1 heterocycles. The Morgan fingerprint density at radius 3 is 2.61 bits per heavy atom. The molecule has 1 fully saturated rings. The molecule has 0 bridgehead atoms. The Morgan fingerprint density at radius 2 is 2.11 bits per heavy atom. The van der Waals surface area contributed by atoms with Crippen molar-refractivity contribution >= 4 is 11.6 Å². The summed E-state index contributed by atoms with van der Waals surface area (Å²) in [5.41, 5.74) is 0.836. The number of hydrogen-bond donors (Lipinski definition) is 1. The number of nitriles is 1. The van der Waals surface area contributed by atoms with Gasteiger partial charge >= 0.3 is 0 Å². The molecule has 94 valence electrons. The fourth-order valence-electron chi connectivity index (χ4n) is 1.91. The Balaban J connectivity index is 2.20. The van der Waals surface area contributed by atoms with Gasteiger partial charge in [-0.3, -0.25) is 4.79 Å². The lowest BCUT2D eigenvalue weighted by atomic mass is 9.86. The monoisotopic (exact) mass is 244 g/mol. The summed E-state index contributed by atoms with van der Waals surface area (Å²) in [6, 6.07) is 9.70. The first-order chi connectivity index (χ1) is 8.59. The van der Waals surface area contributed by atoms with Crippen molar-refractivity contribution in [1.29, 1.82) is 5.26 Å². The van der Waals surface area contributed by atoms with Crippen molar-refractivity contribution in [2.24, 2.45) is 5.41 Å². The summed E-state index contributed by atoms with van der Waals surface area (Å²) in [5.74, 6) is 0.0431. The molecule has 0 saturated carbocycles. The predicted molar refractivity (Wildman–Crippen MR) is 68.0 cm³/mol. The van der Waals surface area contributed by atoms with E-state index in [9.17, 15) is 4.79 Å². The van der Waals surface area contributed by atoms with Crippen molar-refractivity contribution < 1.29 is 9.53 Å². The Labute approximate surface area is 107 Å². The zero-order valence-electron chi connectivity index (χ0n) is 10.6. The third-order valence-electron chi connectivity index (χ3n) is 3.18. The fourth-order valence-corrected chi connectivity index (χ4v) is 1.91. The maximum atomic E-state index is 12.1. The standard InChI is InChI=1S/C14H16N2O2/c1-10(2)11-5-3-4-6-12(11)16-13(17)14(7-15)8-18-9-14/h3-6,10H,8-9H2,1-2H3,(H,16,17). The highest BCUT2D eigenvalue weighted by molar-refractivity contribution is 5.98. The van der Waals surface area contributed by atoms with Gasteiger partial charge in [0.25, 0.3) is 0 Å². The summed E-state index contributed by atoms with van der Waals surface area (Å²) in [4.78, 5) is 12.1. The summed E-state index contributed by atoms with van der Waals surface area (Å²) in [6.45, 7) is 4.49. The van der Waals surface area contributed by atoms with Gasteiger partial charge in [0.05, 0.1) is 19.3 Å². The molecule has 0 spiro atoms. The van der Waals surface area contributed by atoms with Crippen LogP contribution in [0.15, 0.2) is 24.3 Å². The van der Waals surface area contributed by atoms with Crippen LogP contribution in [0.4, 0.5) is 5.69 Å². The largest absolute Gasteiger partial charge is 0.377 e. The molecule has 0 aliphatic carbocycles. The second-order valence-electron chi connectivity index (χ2n) is 4.88. The van der Waals surface area contributed by atoms with Gasteiger partial charge in [0.2, 0.25) is 5.91 Å². The molecule has 1 aromatic rings. The van der Waals surface area contributed by atoms with Crippen LogP contribution in [0, 0.1) is 16.7 Å². The minimum atomic E-state index is -1.01. The molecule has 1 N–H and O–H groups in total. The number of ether oxygens (including phenoxy) is 1. The molecule has 4 heteroatoms. The van der Waals surface area contributed by atoms with E-state index in [0.29, 0.717) is 5.92 Å². The van der Waals surface area contributed by atoms with Crippen LogP contribution in [0.1, 0.15) is 25.3 Å². The van der Waals surface area contributed by atoms with Gasteiger partial charge in [-0.1, -0.05) is 32.0 Å². The van der Waals surface area contributed by atoms with Crippen LogP contribution in [0.3, 0.4) is 0 Å². The van der Waals surface area contributed by atoms with Gasteiger partial charge in [0.1, 0.15) is 0 Å². The fraction of sp³-hybridized carbons (Fsp3) is 0.429. The SMILES string of the molecule is CC(C)c1ccccc1NC(=O)C1(C#N)COC1. The molecule has 1 saturated heterocycles. The average molecular weight is 244 g/mol. The third-order valence-corrected chi connectivity index (χ3v) is 3.18. The molecule has 0 unspecified atom stereocenters. The first-order valence-electron chi connectivity index (χ1n) is 5.98. The summed E-state index contributed by atoms with van der Waals surface area (Å²) >= 11 is 0. The molecule has 2 rings (SSSR count). The molecule has 1 aliphatic heterocycles. The normalized spacial score (nSPS) is 16.8. The predicted octanol–water partition coefficient (Wildman–Crippen LogP) is 2.29. The van der Waals surface area contributed by atoms with Crippen LogP contribution >= 0.6 is 0 Å². The van der Waals surface area contributed by atoms with Crippen molar-refractivity contribution in [1.82, 2.24) is 0 Å². The number of rotatable bonds is 3. The number of anilines is 1. The Bertz CT molecular complexity index is 499. The quantitative estimate of drug-likeness (QED) is 0.887. The van der Waals surface area contributed by atoms with Gasteiger partial charge in [0.15, 0.2) is 5.41 Å². The highest BCUT2D eigenvalue weighted by Crippen LogP contribution is 2.30. The van der Waals surface area contributed by atoms with E-state index in [1.54, 1.807) is 0 Å². The number of carbonyl (C=O) groups is 1. The summed E-state index contributed by atoms with van der Waals surface area (Å²) in [5, 5.41) is 11.9. The van der Waals surface area contributed by atoms with Crippen LogP contribution in [0.25, 0.3) is 0 Å². The van der Waals surface area contributed by atoms with Crippen LogP contribution in [-0.4, -0.2) is 19.1 Å². The molecule has 4 nitrogen and oxygen atoms in total. The molecular formula is C14H16N2O2. The van der Waals surface area contributed by atoms with Gasteiger partial charge < -0.3 is 10.1 Å². The molecule has 0 aromatic heterocycles. The average Bonchev–Trinajstić information content (AvgIpc) is 2.28. The molecular weight excluding hydrogens is 228 g/mol. The second-order valence-corrected chi connectivity index (χ2v) is 4.88. The molecule has 18 heavy (non-hydrogen) atoms. The van der Waals surface area contributed by atoms with E-state index >= 15 is 0 Å². The van der Waals surface area contributed by atoms with E-state index in [1.165, 1.54) is 0 Å². The Hall–Kier alpha value is -1.86. The number of para-hydroxylation sites is 1. The van der Waals surface area contributed by atoms with Crippen LogP contribution < -0.4 is 5.32 Å². The summed E-state index contributed by atoms with van der Waals surface area (Å²) in [6.07, 6.45) is 0. The maximum absolute atomic E-state index is 12.1. The molecule has 1 amide bonds. The van der Waals surface area contributed by atoms with Gasteiger partial charge in [-0.25, -0.2) is 0 Å². The topological polar surface area (TPSA) is 62.1 Å². The lowest BCUT2D eigenvalue weighted by Gasteiger charge is -2.33. The van der Waals surface area contributed by atoms with Gasteiger partial charge in [-0.15, -0.1) is 0 Å². The van der Waals surface area contributed by atoms with E-state index in [1.807, 2.05) is 30.3 Å². The first-order valence-corrected chi connectivity index (χ1v) is 5.98. The van der Waals surface area contributed by atoms with E-state index in [0.717, 1.165) is 11.3 Å². The Morgan fingerprint density at radius 1 is 1.44 bits per heavy atom. The van der Waals surface area contributed by atoms with Crippen molar-refractivity contribution in [3.8, 4) is 6.07 Å². The number of benzene rings is 1. The minimum Gasteiger partial charge on any atom is -0.377 e. The smallest absolute Gasteiger partial charge is 0.249 e. The summed E-state index contributed by atoms with van der Waals surface area (Å²) in [7, 11) is 0. The zero-order chi connectivity index (χ0) is 13.2. The number of nitrogens with zero attached hydrogens (tertiary/aromatic N) is 1. The van der Waals surface area contributed by atoms with Crippen LogP contribution in [0.5, 0.6) is 0 Å². The lowest BCUT2D eigenvalue weighted by Crippen LogP contribution is -2.50. The third kappa shape index (κ3) is 2.09. The van der Waals surface area contributed by atoms with Crippen molar-refractivity contribution in [2.45, 2.75) is 19.8 Å². The lowest BCUT2D eigenvalue weighted by molar-refractivity contribution is -0.144. The highest BCUT2D eigenvalue weighted by Gasteiger charge is 2.46. The zero-order valence-corrected chi connectivity index (χ0v) is 10.6. The minimum absolute atomic E-state index is 0.180. The molecule has 0 radical (unpaired) electrons. The first kappa shape index (κ1) is 12.6. The van der Waals surface area contributed by atoms with Crippen molar-refractivity contribution in [2.75, 3.05) is 18.5 Å². The maximum Gasteiger partial charge on any atom is 0.249 e. The highest BCUT2D eigenvalue weighted by atomic mass is 16.5. The number of amides is 1. The van der Waals surface area contributed by atoms with Crippen molar-refractivity contribution in [3.05, 3.63) is 29.8 Å². The van der Waals surface area contributed by atoms with E-state index in [4.69, 9.17) is 10.00 Å². The molecule has 1 aromatic carbocycles. The van der Waals surface area contributed by atoms with Crippen LogP contribution in [-0.2, 0) is 9.53 Å². The number of nitrogens with one attached hydrogen (secondary N) is 1. The van der Waals surface area contributed by atoms with Crippen molar-refractivity contribution in [3.63, 3.8) is 0 Å². The van der Waals surface area contributed by atoms with Gasteiger partial charge in [0, 0.05) is 5.69 Å². The Kier molecular flexibility index (Phi) is 3.35. The number of carbonyl (C=O) groups excluding carboxylic acids is 1. The van der Waals surface area contributed by atoms with E-state index in [2.05, 4.69) is 19.2 Å². The van der Waals surface area contributed by atoms with Gasteiger partial charge in [-0.2, -0.15) is 5.26 Å².